The van der Waals surface area contributed by atoms with Gasteiger partial charge in [0.2, 0.25) is 0 Å². The summed E-state index contributed by atoms with van der Waals surface area (Å²) in [5.74, 6) is -0.0191. The largest absolute Gasteiger partial charge is 0.489 e. The van der Waals surface area contributed by atoms with Crippen molar-refractivity contribution in [1.29, 1.82) is 0 Å². The minimum Gasteiger partial charge on any atom is -0.489 e. The molecular formula is C23H29N3O5. The summed E-state index contributed by atoms with van der Waals surface area (Å²) < 4.78 is 5.36. The summed E-state index contributed by atoms with van der Waals surface area (Å²) >= 11 is 0. The first kappa shape index (κ1) is 22.8. The molecule has 0 saturated heterocycles. The van der Waals surface area contributed by atoms with Gasteiger partial charge in [0.15, 0.2) is 0 Å². The van der Waals surface area contributed by atoms with E-state index in [1.165, 1.54) is 6.07 Å². The van der Waals surface area contributed by atoms with Crippen LogP contribution in [0.25, 0.3) is 5.70 Å². The van der Waals surface area contributed by atoms with Gasteiger partial charge in [-0.05, 0) is 42.2 Å². The summed E-state index contributed by atoms with van der Waals surface area (Å²) in [4.78, 5) is 12.7. The van der Waals surface area contributed by atoms with E-state index in [1.54, 1.807) is 12.1 Å². The third kappa shape index (κ3) is 5.42. The topological polar surface area (TPSA) is 137 Å². The van der Waals surface area contributed by atoms with Crippen molar-refractivity contribution in [1.82, 2.24) is 10.6 Å². The minimum atomic E-state index is -1.00. The Balaban J connectivity index is 1.68. The molecule has 8 nitrogen and oxygen atoms in total. The molecule has 0 bridgehead atoms. The van der Waals surface area contributed by atoms with Crippen LogP contribution >= 0.6 is 0 Å². The first-order chi connectivity index (χ1) is 14.9. The third-order valence-corrected chi connectivity index (χ3v) is 5.28. The minimum absolute atomic E-state index is 0.0866. The van der Waals surface area contributed by atoms with Crippen LogP contribution in [0, 0.1) is 0 Å². The number of hydrogen-bond donors (Lipinski definition) is 6. The Hall–Kier alpha value is -2.91. The van der Waals surface area contributed by atoms with Gasteiger partial charge >= 0.3 is 0 Å². The lowest BCUT2D eigenvalue weighted by Crippen LogP contribution is -2.23. The highest BCUT2D eigenvalue weighted by Gasteiger charge is 2.25. The number of amides is 1. The Kier molecular flexibility index (Phi) is 7.64. The van der Waals surface area contributed by atoms with E-state index < -0.39 is 12.7 Å². The van der Waals surface area contributed by atoms with Gasteiger partial charge in [-0.2, -0.15) is 0 Å². The van der Waals surface area contributed by atoms with Crippen LogP contribution in [0.3, 0.4) is 0 Å². The molecule has 2 aromatic carbocycles. The molecule has 1 aliphatic carbocycles. The summed E-state index contributed by atoms with van der Waals surface area (Å²) in [6.45, 7) is 4.16. The number of ether oxygens (including phenoxy) is 1. The molecule has 0 saturated carbocycles. The fourth-order valence-electron chi connectivity index (χ4n) is 3.72. The van der Waals surface area contributed by atoms with Gasteiger partial charge in [0.1, 0.15) is 18.5 Å². The maximum Gasteiger partial charge on any atom is 0.255 e. The lowest BCUT2D eigenvalue weighted by Gasteiger charge is -2.16. The molecule has 0 aromatic heterocycles. The number of nitrogens with one attached hydrogen (secondary N) is 2. The molecule has 2 aromatic rings. The van der Waals surface area contributed by atoms with Crippen molar-refractivity contribution in [2.75, 3.05) is 32.1 Å². The number of aliphatic hydroxyl groups is 3. The second-order valence-corrected chi connectivity index (χ2v) is 7.48. The number of aliphatic hydroxyl groups excluding tert-OH is 3. The molecule has 8 heteroatoms. The molecule has 1 unspecified atom stereocenters. The van der Waals surface area contributed by atoms with Crippen LogP contribution in [-0.4, -0.2) is 53.7 Å². The quantitative estimate of drug-likeness (QED) is 0.311. The van der Waals surface area contributed by atoms with Crippen LogP contribution in [0.1, 0.15) is 39.5 Å². The van der Waals surface area contributed by atoms with Gasteiger partial charge < -0.3 is 36.4 Å². The number of nitrogen functional groups attached to an aromatic ring is 1. The molecule has 1 amide bonds. The predicted molar refractivity (Wildman–Crippen MR) is 119 cm³/mol. The first-order valence-electron chi connectivity index (χ1n) is 10.2. The molecule has 2 atom stereocenters. The summed E-state index contributed by atoms with van der Waals surface area (Å²) in [6, 6.07) is 10.7. The standard InChI is InChI=1S/C23H29N3O5/c1-14(17-3-2-4-19-18(17)6-7-21(19)25-9-10-27)26-23(30)15-5-8-22(20(24)11-15)31-13-16(29)12-28/h2-5,8,11,16,21,25,27-29H,1,6-7,9-10,12-13,24H2,(H,26,30)/t16-,21?/m0/s1. The number of carbonyl (C=O) groups is 1. The zero-order valence-electron chi connectivity index (χ0n) is 17.3. The molecule has 31 heavy (non-hydrogen) atoms. The van der Waals surface area contributed by atoms with Crippen LogP contribution in [-0.2, 0) is 6.42 Å². The number of carbonyl (C=O) groups excluding carboxylic acids is 1. The Morgan fingerprint density at radius 1 is 1.29 bits per heavy atom. The Labute approximate surface area is 181 Å². The number of benzene rings is 2. The summed E-state index contributed by atoms with van der Waals surface area (Å²) in [5.41, 5.74) is 10.3. The van der Waals surface area contributed by atoms with Crippen molar-refractivity contribution in [2.45, 2.75) is 25.0 Å². The maximum absolute atomic E-state index is 12.7. The van der Waals surface area contributed by atoms with Crippen LogP contribution in [0.5, 0.6) is 5.75 Å². The molecule has 0 aliphatic heterocycles. The Bertz CT molecular complexity index is 947. The normalized spacial score (nSPS) is 15.9. The fourth-order valence-corrected chi connectivity index (χ4v) is 3.72. The second kappa shape index (κ2) is 10.4. The predicted octanol–water partition coefficient (Wildman–Crippen LogP) is 0.971. The molecule has 0 heterocycles. The van der Waals surface area contributed by atoms with E-state index >= 15 is 0 Å². The van der Waals surface area contributed by atoms with Crippen molar-refractivity contribution in [3.05, 3.63) is 65.2 Å². The molecule has 1 aliphatic rings. The molecule has 3 rings (SSSR count). The van der Waals surface area contributed by atoms with Crippen LogP contribution in [0.15, 0.2) is 43.0 Å². The maximum atomic E-state index is 12.7. The van der Waals surface area contributed by atoms with Gasteiger partial charge in [0.25, 0.3) is 5.91 Å². The van der Waals surface area contributed by atoms with E-state index in [0.29, 0.717) is 23.6 Å². The SMILES string of the molecule is C=C(NC(=O)c1ccc(OC[C@@H](O)CO)c(N)c1)c1cccc2c1CCC2NCCO. The van der Waals surface area contributed by atoms with Gasteiger partial charge in [-0.25, -0.2) is 0 Å². The van der Waals surface area contributed by atoms with Crippen LogP contribution in [0.2, 0.25) is 0 Å². The number of anilines is 1. The highest BCUT2D eigenvalue weighted by Crippen LogP contribution is 2.35. The van der Waals surface area contributed by atoms with E-state index in [1.807, 2.05) is 12.1 Å². The number of fused-ring (bicyclic) bond motifs is 1. The van der Waals surface area contributed by atoms with Gasteiger partial charge in [0.05, 0.1) is 18.9 Å². The van der Waals surface area contributed by atoms with Crippen molar-refractivity contribution in [3.63, 3.8) is 0 Å². The average molecular weight is 428 g/mol. The lowest BCUT2D eigenvalue weighted by atomic mass is 10.00. The molecular weight excluding hydrogens is 398 g/mol. The Morgan fingerprint density at radius 2 is 2.10 bits per heavy atom. The number of nitrogens with two attached hydrogens (primary N) is 1. The van der Waals surface area contributed by atoms with Crippen LogP contribution in [0.4, 0.5) is 5.69 Å². The third-order valence-electron chi connectivity index (χ3n) is 5.28. The summed E-state index contributed by atoms with van der Waals surface area (Å²) in [6.07, 6.45) is 0.787. The van der Waals surface area contributed by atoms with Gasteiger partial charge in [-0.15, -0.1) is 0 Å². The molecule has 0 fully saturated rings. The van der Waals surface area contributed by atoms with E-state index in [2.05, 4.69) is 23.3 Å². The van der Waals surface area contributed by atoms with E-state index in [-0.39, 0.29) is 30.9 Å². The summed E-state index contributed by atoms with van der Waals surface area (Å²) in [7, 11) is 0. The van der Waals surface area contributed by atoms with Crippen molar-refractivity contribution >= 4 is 17.3 Å². The number of rotatable bonds is 10. The monoisotopic (exact) mass is 427 g/mol. The molecule has 166 valence electrons. The fraction of sp³-hybridized carbons (Fsp3) is 0.348. The van der Waals surface area contributed by atoms with Crippen LogP contribution < -0.4 is 21.1 Å². The highest BCUT2D eigenvalue weighted by molar-refractivity contribution is 6.00. The second-order valence-electron chi connectivity index (χ2n) is 7.48. The van der Waals surface area contributed by atoms with Crippen molar-refractivity contribution in [3.8, 4) is 5.75 Å². The Morgan fingerprint density at radius 3 is 2.81 bits per heavy atom. The highest BCUT2D eigenvalue weighted by atomic mass is 16.5. The molecule has 0 radical (unpaired) electrons. The van der Waals surface area contributed by atoms with E-state index in [9.17, 15) is 9.90 Å². The molecule has 0 spiro atoms. The van der Waals surface area contributed by atoms with Crippen molar-refractivity contribution < 1.29 is 24.9 Å². The zero-order chi connectivity index (χ0) is 22.4. The zero-order valence-corrected chi connectivity index (χ0v) is 17.3. The molecule has 7 N–H and O–H groups in total. The van der Waals surface area contributed by atoms with E-state index in [4.69, 9.17) is 20.7 Å². The number of hydrogen-bond acceptors (Lipinski definition) is 7. The van der Waals surface area contributed by atoms with Gasteiger partial charge in [-0.1, -0.05) is 24.8 Å². The first-order valence-corrected chi connectivity index (χ1v) is 10.2. The average Bonchev–Trinajstić information content (AvgIpc) is 3.19. The van der Waals surface area contributed by atoms with E-state index in [0.717, 1.165) is 29.5 Å². The van der Waals surface area contributed by atoms with Gasteiger partial charge in [-0.3, -0.25) is 4.79 Å². The van der Waals surface area contributed by atoms with Crippen molar-refractivity contribution in [2.24, 2.45) is 0 Å². The van der Waals surface area contributed by atoms with Gasteiger partial charge in [0, 0.05) is 29.4 Å². The smallest absolute Gasteiger partial charge is 0.255 e. The lowest BCUT2D eigenvalue weighted by molar-refractivity contribution is 0.0538. The summed E-state index contributed by atoms with van der Waals surface area (Å²) in [5, 5.41) is 33.5.